The molecule has 106 valence electrons. The number of methoxy groups -OCH3 is 1. The van der Waals surface area contributed by atoms with Crippen molar-refractivity contribution in [3.8, 4) is 11.8 Å². The SMILES string of the molecule is CCOc1cc(NCc2ccc(OC)nc2)nc(C)n1. The normalized spacial score (nSPS) is 10.2. The Morgan fingerprint density at radius 1 is 1.20 bits per heavy atom. The van der Waals surface area contributed by atoms with E-state index in [1.165, 1.54) is 0 Å². The zero-order chi connectivity index (χ0) is 14.4. The van der Waals surface area contributed by atoms with Crippen molar-refractivity contribution in [3.05, 3.63) is 35.8 Å². The number of hydrogen-bond acceptors (Lipinski definition) is 6. The highest BCUT2D eigenvalue weighted by Gasteiger charge is 2.03. The fraction of sp³-hybridized carbons (Fsp3) is 0.357. The Kier molecular flexibility index (Phi) is 4.70. The molecule has 0 spiro atoms. The van der Waals surface area contributed by atoms with Crippen molar-refractivity contribution in [2.24, 2.45) is 0 Å². The molecule has 0 bridgehead atoms. The minimum Gasteiger partial charge on any atom is -0.481 e. The summed E-state index contributed by atoms with van der Waals surface area (Å²) in [6, 6.07) is 5.57. The number of rotatable bonds is 6. The smallest absolute Gasteiger partial charge is 0.218 e. The monoisotopic (exact) mass is 274 g/mol. The molecule has 0 aromatic carbocycles. The quantitative estimate of drug-likeness (QED) is 0.871. The lowest BCUT2D eigenvalue weighted by Gasteiger charge is -2.09. The van der Waals surface area contributed by atoms with Gasteiger partial charge in [-0.15, -0.1) is 0 Å². The summed E-state index contributed by atoms with van der Waals surface area (Å²) in [6.45, 7) is 4.97. The molecule has 0 atom stereocenters. The number of ether oxygens (including phenoxy) is 2. The number of hydrogen-bond donors (Lipinski definition) is 1. The molecule has 2 heterocycles. The minimum atomic E-state index is 0.579. The van der Waals surface area contributed by atoms with E-state index < -0.39 is 0 Å². The average molecular weight is 274 g/mol. The molecular formula is C14H18N4O2. The maximum Gasteiger partial charge on any atom is 0.218 e. The van der Waals surface area contributed by atoms with Crippen LogP contribution in [0.3, 0.4) is 0 Å². The summed E-state index contributed by atoms with van der Waals surface area (Å²) in [7, 11) is 1.60. The van der Waals surface area contributed by atoms with Crippen molar-refractivity contribution in [1.82, 2.24) is 15.0 Å². The molecule has 0 aliphatic heterocycles. The lowest BCUT2D eigenvalue weighted by molar-refractivity contribution is 0.325. The van der Waals surface area contributed by atoms with Crippen LogP contribution in [0.15, 0.2) is 24.4 Å². The first-order valence-corrected chi connectivity index (χ1v) is 6.42. The fourth-order valence-electron chi connectivity index (χ4n) is 1.68. The molecule has 0 aliphatic carbocycles. The Morgan fingerprint density at radius 3 is 2.70 bits per heavy atom. The van der Waals surface area contributed by atoms with Crippen molar-refractivity contribution < 1.29 is 9.47 Å². The van der Waals surface area contributed by atoms with Gasteiger partial charge in [-0.05, 0) is 19.4 Å². The minimum absolute atomic E-state index is 0.579. The Bertz CT molecular complexity index is 558. The summed E-state index contributed by atoms with van der Waals surface area (Å²) in [5.74, 6) is 2.59. The summed E-state index contributed by atoms with van der Waals surface area (Å²) >= 11 is 0. The molecule has 0 unspecified atom stereocenters. The molecule has 0 amide bonds. The molecular weight excluding hydrogens is 256 g/mol. The number of anilines is 1. The highest BCUT2D eigenvalue weighted by molar-refractivity contribution is 5.39. The van der Waals surface area contributed by atoms with E-state index in [-0.39, 0.29) is 0 Å². The summed E-state index contributed by atoms with van der Waals surface area (Å²) in [5, 5.41) is 3.23. The van der Waals surface area contributed by atoms with Crippen LogP contribution in [-0.4, -0.2) is 28.7 Å². The van der Waals surface area contributed by atoms with Crippen molar-refractivity contribution in [3.63, 3.8) is 0 Å². The van der Waals surface area contributed by atoms with Gasteiger partial charge < -0.3 is 14.8 Å². The molecule has 1 N–H and O–H groups in total. The highest BCUT2D eigenvalue weighted by atomic mass is 16.5. The molecule has 0 fully saturated rings. The lowest BCUT2D eigenvalue weighted by atomic mass is 10.3. The second-order valence-electron chi connectivity index (χ2n) is 4.13. The molecule has 20 heavy (non-hydrogen) atoms. The van der Waals surface area contributed by atoms with E-state index in [1.807, 2.05) is 26.0 Å². The van der Waals surface area contributed by atoms with Gasteiger partial charge in [0.05, 0.1) is 13.7 Å². The van der Waals surface area contributed by atoms with Crippen LogP contribution in [0, 0.1) is 6.92 Å². The van der Waals surface area contributed by atoms with E-state index in [1.54, 1.807) is 19.4 Å². The third-order valence-electron chi connectivity index (χ3n) is 2.59. The van der Waals surface area contributed by atoms with Crippen LogP contribution in [0.25, 0.3) is 0 Å². The van der Waals surface area contributed by atoms with Crippen molar-refractivity contribution in [2.45, 2.75) is 20.4 Å². The van der Waals surface area contributed by atoms with Crippen LogP contribution < -0.4 is 14.8 Å². The van der Waals surface area contributed by atoms with E-state index in [0.717, 1.165) is 11.4 Å². The third kappa shape index (κ3) is 3.81. The van der Waals surface area contributed by atoms with Crippen LogP contribution in [0.5, 0.6) is 11.8 Å². The van der Waals surface area contributed by atoms with E-state index in [0.29, 0.717) is 30.7 Å². The lowest BCUT2D eigenvalue weighted by Crippen LogP contribution is -2.05. The predicted molar refractivity (Wildman–Crippen MR) is 76.1 cm³/mol. The molecule has 0 aliphatic rings. The maximum atomic E-state index is 5.39. The predicted octanol–water partition coefficient (Wildman–Crippen LogP) is 2.20. The van der Waals surface area contributed by atoms with Gasteiger partial charge in [-0.1, -0.05) is 6.07 Å². The summed E-state index contributed by atoms with van der Waals surface area (Å²) in [5.41, 5.74) is 1.04. The van der Waals surface area contributed by atoms with Crippen LogP contribution in [0.2, 0.25) is 0 Å². The summed E-state index contributed by atoms with van der Waals surface area (Å²) in [6.07, 6.45) is 1.77. The molecule has 2 rings (SSSR count). The second-order valence-corrected chi connectivity index (χ2v) is 4.13. The van der Waals surface area contributed by atoms with E-state index in [9.17, 15) is 0 Å². The molecule has 0 radical (unpaired) electrons. The van der Waals surface area contributed by atoms with Gasteiger partial charge in [0.2, 0.25) is 11.8 Å². The average Bonchev–Trinajstić information content (AvgIpc) is 2.45. The van der Waals surface area contributed by atoms with Crippen molar-refractivity contribution >= 4 is 5.82 Å². The number of aromatic nitrogens is 3. The first kappa shape index (κ1) is 14.0. The topological polar surface area (TPSA) is 69.2 Å². The Hall–Kier alpha value is -2.37. The van der Waals surface area contributed by atoms with Crippen LogP contribution in [0.4, 0.5) is 5.82 Å². The zero-order valence-corrected chi connectivity index (χ0v) is 11.9. The number of nitrogens with one attached hydrogen (secondary N) is 1. The zero-order valence-electron chi connectivity index (χ0n) is 11.9. The Labute approximate surface area is 118 Å². The fourth-order valence-corrected chi connectivity index (χ4v) is 1.68. The van der Waals surface area contributed by atoms with Crippen molar-refractivity contribution in [1.29, 1.82) is 0 Å². The van der Waals surface area contributed by atoms with Gasteiger partial charge in [0, 0.05) is 24.9 Å². The standard InChI is InChI=1S/C14H18N4O2/c1-4-20-14-7-12(17-10(2)18-14)15-8-11-5-6-13(19-3)16-9-11/h5-7,9H,4,8H2,1-3H3,(H,15,17,18). The van der Waals surface area contributed by atoms with Gasteiger partial charge in [-0.3, -0.25) is 0 Å². The van der Waals surface area contributed by atoms with E-state index >= 15 is 0 Å². The van der Waals surface area contributed by atoms with Gasteiger partial charge in [0.25, 0.3) is 0 Å². The van der Waals surface area contributed by atoms with Gasteiger partial charge >= 0.3 is 0 Å². The van der Waals surface area contributed by atoms with Gasteiger partial charge in [0.1, 0.15) is 11.6 Å². The third-order valence-corrected chi connectivity index (χ3v) is 2.59. The molecule has 6 nitrogen and oxygen atoms in total. The molecule has 0 saturated heterocycles. The van der Waals surface area contributed by atoms with Gasteiger partial charge in [0.15, 0.2) is 0 Å². The summed E-state index contributed by atoms with van der Waals surface area (Å²) in [4.78, 5) is 12.7. The maximum absolute atomic E-state index is 5.39. The second kappa shape index (κ2) is 6.70. The molecule has 0 saturated carbocycles. The summed E-state index contributed by atoms with van der Waals surface area (Å²) < 4.78 is 10.4. The van der Waals surface area contributed by atoms with Crippen molar-refractivity contribution in [2.75, 3.05) is 19.0 Å². The first-order chi connectivity index (χ1) is 9.71. The van der Waals surface area contributed by atoms with Crippen LogP contribution in [-0.2, 0) is 6.54 Å². The van der Waals surface area contributed by atoms with Crippen LogP contribution >= 0.6 is 0 Å². The number of aryl methyl sites for hydroxylation is 1. The van der Waals surface area contributed by atoms with Crippen LogP contribution in [0.1, 0.15) is 18.3 Å². The number of nitrogens with zero attached hydrogens (tertiary/aromatic N) is 3. The molecule has 2 aromatic rings. The van der Waals surface area contributed by atoms with Gasteiger partial charge in [-0.25, -0.2) is 9.97 Å². The first-order valence-electron chi connectivity index (χ1n) is 6.42. The van der Waals surface area contributed by atoms with Gasteiger partial charge in [-0.2, -0.15) is 4.98 Å². The molecule has 6 heteroatoms. The largest absolute Gasteiger partial charge is 0.481 e. The number of pyridine rings is 1. The Balaban J connectivity index is 2.02. The Morgan fingerprint density at radius 2 is 2.05 bits per heavy atom. The van der Waals surface area contributed by atoms with E-state index in [4.69, 9.17) is 9.47 Å². The highest BCUT2D eigenvalue weighted by Crippen LogP contribution is 2.14. The van der Waals surface area contributed by atoms with E-state index in [2.05, 4.69) is 20.3 Å². The molecule has 2 aromatic heterocycles.